The van der Waals surface area contributed by atoms with Crippen molar-refractivity contribution in [2.75, 3.05) is 7.11 Å². The molecule has 2 amide bonds. The van der Waals surface area contributed by atoms with Crippen molar-refractivity contribution in [3.05, 3.63) is 29.8 Å². The van der Waals surface area contributed by atoms with E-state index in [1.807, 2.05) is 31.2 Å². The Morgan fingerprint density at radius 2 is 2.19 bits per heavy atom. The number of benzene rings is 1. The fraction of sp³-hybridized carbons (Fsp3) is 0.364. The molecule has 0 fully saturated rings. The van der Waals surface area contributed by atoms with Gasteiger partial charge in [0.2, 0.25) is 0 Å². The second-order valence-electron chi connectivity index (χ2n) is 3.55. The monoisotopic (exact) mass is 223 g/mol. The molecule has 1 aromatic rings. The number of hydrogen-bond donors (Lipinski definition) is 3. The van der Waals surface area contributed by atoms with Gasteiger partial charge < -0.3 is 10.5 Å². The van der Waals surface area contributed by atoms with Gasteiger partial charge in [-0.25, -0.2) is 10.2 Å². The average Bonchev–Trinajstić information content (AvgIpc) is 2.27. The number of para-hydroxylation sites is 1. The quantitative estimate of drug-likeness (QED) is 0.646. The Balaban J connectivity index is 2.55. The average molecular weight is 223 g/mol. The van der Waals surface area contributed by atoms with Crippen LogP contribution in [0.15, 0.2) is 24.3 Å². The number of ether oxygens (including phenoxy) is 1. The molecule has 1 aromatic carbocycles. The fourth-order valence-electron chi connectivity index (χ4n) is 1.45. The lowest BCUT2D eigenvalue weighted by Gasteiger charge is -2.15. The van der Waals surface area contributed by atoms with Crippen molar-refractivity contribution in [1.82, 2.24) is 10.9 Å². The molecule has 0 aliphatic rings. The Morgan fingerprint density at radius 1 is 1.50 bits per heavy atom. The van der Waals surface area contributed by atoms with Gasteiger partial charge in [-0.05, 0) is 25.0 Å². The maximum atomic E-state index is 10.5. The third kappa shape index (κ3) is 3.78. The van der Waals surface area contributed by atoms with Gasteiger partial charge in [-0.15, -0.1) is 0 Å². The molecule has 0 bridgehead atoms. The lowest BCUT2D eigenvalue weighted by atomic mass is 10.1. The molecule has 0 aromatic heterocycles. The summed E-state index contributed by atoms with van der Waals surface area (Å²) in [4.78, 5) is 10.5. The third-order valence-electron chi connectivity index (χ3n) is 2.16. The highest BCUT2D eigenvalue weighted by molar-refractivity contribution is 5.70. The van der Waals surface area contributed by atoms with Crippen molar-refractivity contribution in [2.24, 2.45) is 5.73 Å². The minimum absolute atomic E-state index is 0.0730. The number of hydrazine groups is 1. The first-order valence-corrected chi connectivity index (χ1v) is 5.06. The van der Waals surface area contributed by atoms with Crippen LogP contribution in [0.3, 0.4) is 0 Å². The summed E-state index contributed by atoms with van der Waals surface area (Å²) in [5.41, 5.74) is 11.2. The highest BCUT2D eigenvalue weighted by Gasteiger charge is 2.07. The molecule has 0 aliphatic heterocycles. The van der Waals surface area contributed by atoms with Crippen molar-refractivity contribution < 1.29 is 9.53 Å². The number of nitrogens with one attached hydrogen (secondary N) is 2. The van der Waals surface area contributed by atoms with Crippen molar-refractivity contribution in [1.29, 1.82) is 0 Å². The summed E-state index contributed by atoms with van der Waals surface area (Å²) < 4.78 is 5.23. The normalized spacial score (nSPS) is 11.9. The molecular weight excluding hydrogens is 206 g/mol. The number of rotatable bonds is 5. The number of nitrogens with two attached hydrogens (primary N) is 1. The number of urea groups is 1. The van der Waals surface area contributed by atoms with Crippen LogP contribution in [-0.2, 0) is 6.42 Å². The number of hydrogen-bond acceptors (Lipinski definition) is 3. The summed E-state index contributed by atoms with van der Waals surface area (Å²) >= 11 is 0. The maximum absolute atomic E-state index is 10.5. The summed E-state index contributed by atoms with van der Waals surface area (Å²) in [5, 5.41) is 0. The standard InChI is InChI=1S/C11H17N3O2/c1-8(13-14-11(12)15)7-9-5-3-4-6-10(9)16-2/h3-6,8,13H,7H2,1-2H3,(H3,12,14,15). The summed E-state index contributed by atoms with van der Waals surface area (Å²) in [6.07, 6.45) is 0.740. The summed E-state index contributed by atoms with van der Waals surface area (Å²) in [6.45, 7) is 1.95. The molecule has 5 nitrogen and oxygen atoms in total. The zero-order valence-electron chi connectivity index (χ0n) is 9.49. The lowest BCUT2D eigenvalue weighted by molar-refractivity contribution is 0.242. The first-order valence-electron chi connectivity index (χ1n) is 5.06. The predicted octanol–water partition coefficient (Wildman–Crippen LogP) is 0.799. The Bertz CT molecular complexity index is 355. The van der Waals surface area contributed by atoms with Crippen LogP contribution in [0.5, 0.6) is 5.75 Å². The van der Waals surface area contributed by atoms with Gasteiger partial charge in [0.15, 0.2) is 0 Å². The van der Waals surface area contributed by atoms with E-state index < -0.39 is 6.03 Å². The Morgan fingerprint density at radius 3 is 2.81 bits per heavy atom. The van der Waals surface area contributed by atoms with Crippen molar-refractivity contribution >= 4 is 6.03 Å². The van der Waals surface area contributed by atoms with Crippen LogP contribution in [0, 0.1) is 0 Å². The van der Waals surface area contributed by atoms with Gasteiger partial charge in [-0.2, -0.15) is 0 Å². The Kier molecular flexibility index (Phi) is 4.60. The topological polar surface area (TPSA) is 76.4 Å². The number of carbonyl (C=O) groups excluding carboxylic acids is 1. The number of primary amides is 1. The predicted molar refractivity (Wildman–Crippen MR) is 62.0 cm³/mol. The number of methoxy groups -OCH3 is 1. The van der Waals surface area contributed by atoms with E-state index in [0.717, 1.165) is 17.7 Å². The Labute approximate surface area is 94.9 Å². The van der Waals surface area contributed by atoms with Crippen LogP contribution in [-0.4, -0.2) is 19.2 Å². The van der Waals surface area contributed by atoms with Gasteiger partial charge in [0.1, 0.15) is 5.75 Å². The molecule has 16 heavy (non-hydrogen) atoms. The number of amides is 2. The third-order valence-corrected chi connectivity index (χ3v) is 2.16. The van der Waals surface area contributed by atoms with E-state index in [4.69, 9.17) is 10.5 Å². The second kappa shape index (κ2) is 5.97. The van der Waals surface area contributed by atoms with E-state index in [0.29, 0.717) is 0 Å². The minimum Gasteiger partial charge on any atom is -0.496 e. The van der Waals surface area contributed by atoms with Gasteiger partial charge in [0, 0.05) is 6.04 Å². The van der Waals surface area contributed by atoms with E-state index in [1.165, 1.54) is 0 Å². The van der Waals surface area contributed by atoms with Crippen molar-refractivity contribution in [3.63, 3.8) is 0 Å². The van der Waals surface area contributed by atoms with Gasteiger partial charge in [0.25, 0.3) is 0 Å². The molecule has 0 heterocycles. The summed E-state index contributed by atoms with van der Waals surface area (Å²) in [6, 6.07) is 7.25. The smallest absolute Gasteiger partial charge is 0.326 e. The molecule has 0 aliphatic carbocycles. The second-order valence-corrected chi connectivity index (χ2v) is 3.55. The molecule has 0 saturated heterocycles. The molecule has 5 heteroatoms. The SMILES string of the molecule is COc1ccccc1CC(C)NNC(N)=O. The van der Waals surface area contributed by atoms with E-state index >= 15 is 0 Å². The molecule has 0 radical (unpaired) electrons. The van der Waals surface area contributed by atoms with Gasteiger partial charge in [0.05, 0.1) is 7.11 Å². The van der Waals surface area contributed by atoms with Crippen LogP contribution in [0.2, 0.25) is 0 Å². The van der Waals surface area contributed by atoms with Crippen molar-refractivity contribution in [3.8, 4) is 5.75 Å². The van der Waals surface area contributed by atoms with E-state index in [9.17, 15) is 4.79 Å². The van der Waals surface area contributed by atoms with Gasteiger partial charge >= 0.3 is 6.03 Å². The molecule has 1 rings (SSSR count). The molecule has 0 spiro atoms. The van der Waals surface area contributed by atoms with Crippen LogP contribution in [0.25, 0.3) is 0 Å². The first kappa shape index (κ1) is 12.3. The zero-order valence-corrected chi connectivity index (χ0v) is 9.49. The largest absolute Gasteiger partial charge is 0.496 e. The van der Waals surface area contributed by atoms with Crippen LogP contribution < -0.4 is 21.3 Å². The van der Waals surface area contributed by atoms with Gasteiger partial charge in [-0.3, -0.25) is 5.43 Å². The zero-order chi connectivity index (χ0) is 12.0. The Hall–Kier alpha value is -1.75. The minimum atomic E-state index is -0.591. The van der Waals surface area contributed by atoms with Gasteiger partial charge in [-0.1, -0.05) is 18.2 Å². The highest BCUT2D eigenvalue weighted by Crippen LogP contribution is 2.18. The molecular formula is C11H17N3O2. The van der Waals surface area contributed by atoms with E-state index in [1.54, 1.807) is 7.11 Å². The van der Waals surface area contributed by atoms with Crippen LogP contribution in [0.4, 0.5) is 4.79 Å². The van der Waals surface area contributed by atoms with Crippen LogP contribution in [0.1, 0.15) is 12.5 Å². The number of carbonyl (C=O) groups is 1. The highest BCUT2D eigenvalue weighted by atomic mass is 16.5. The van der Waals surface area contributed by atoms with E-state index in [-0.39, 0.29) is 6.04 Å². The molecule has 1 unspecified atom stereocenters. The molecule has 88 valence electrons. The molecule has 1 atom stereocenters. The van der Waals surface area contributed by atoms with E-state index in [2.05, 4.69) is 10.9 Å². The molecule has 4 N–H and O–H groups in total. The fourth-order valence-corrected chi connectivity index (χ4v) is 1.45. The summed E-state index contributed by atoms with van der Waals surface area (Å²) in [5.74, 6) is 0.843. The summed E-state index contributed by atoms with van der Waals surface area (Å²) in [7, 11) is 1.64. The van der Waals surface area contributed by atoms with Crippen LogP contribution >= 0.6 is 0 Å². The van der Waals surface area contributed by atoms with Crippen molar-refractivity contribution in [2.45, 2.75) is 19.4 Å². The first-order chi connectivity index (χ1) is 7.63. The lowest BCUT2D eigenvalue weighted by Crippen LogP contribution is -2.46. The maximum Gasteiger partial charge on any atom is 0.326 e. The molecule has 0 saturated carbocycles.